The Bertz CT molecular complexity index is 235. The average Bonchev–Trinajstić information content (AvgIpc) is 2.22. The fourth-order valence-corrected chi connectivity index (χ4v) is 1.12. The molecule has 94 valence electrons. The molecule has 0 aromatic heterocycles. The Morgan fingerprint density at radius 1 is 1.19 bits per heavy atom. The van der Waals surface area contributed by atoms with Gasteiger partial charge in [0, 0.05) is 0 Å². The number of carboxylic acids is 2. The minimum Gasteiger partial charge on any atom is -0.480 e. The van der Waals surface area contributed by atoms with Gasteiger partial charge in [0.2, 0.25) is 0 Å². The number of nitrogens with one attached hydrogen (secondary N) is 2. The van der Waals surface area contributed by atoms with Crippen LogP contribution in [-0.4, -0.2) is 40.8 Å². The molecule has 0 fully saturated rings. The first-order valence-corrected chi connectivity index (χ1v) is 5.19. The molecule has 0 heterocycles. The van der Waals surface area contributed by atoms with Gasteiger partial charge in [-0.3, -0.25) is 9.59 Å². The minimum absolute atomic E-state index is 0.356. The Morgan fingerprint density at radius 3 is 2.06 bits per heavy atom. The highest BCUT2D eigenvalue weighted by molar-refractivity contribution is 5.74. The summed E-state index contributed by atoms with van der Waals surface area (Å²) >= 11 is 0. The number of aliphatic carboxylic acids is 2. The molecular weight excluding hydrogens is 214 g/mol. The highest BCUT2D eigenvalue weighted by Crippen LogP contribution is 1.96. The fraction of sp³-hybridized carbons (Fsp3) is 0.778. The van der Waals surface area contributed by atoms with Crippen molar-refractivity contribution in [3.8, 4) is 0 Å². The highest BCUT2D eigenvalue weighted by Gasteiger charge is 2.20. The van der Waals surface area contributed by atoms with E-state index in [2.05, 4.69) is 10.9 Å². The lowest BCUT2D eigenvalue weighted by Gasteiger charge is -2.18. The molecule has 7 nitrogen and oxygen atoms in total. The van der Waals surface area contributed by atoms with Gasteiger partial charge in [-0.25, -0.2) is 10.9 Å². The van der Waals surface area contributed by atoms with Crippen LogP contribution in [0.4, 0.5) is 0 Å². The van der Waals surface area contributed by atoms with Gasteiger partial charge in [-0.1, -0.05) is 6.92 Å². The van der Waals surface area contributed by atoms with Crippen molar-refractivity contribution in [3.63, 3.8) is 0 Å². The molecule has 2 atom stereocenters. The van der Waals surface area contributed by atoms with Crippen LogP contribution in [0, 0.1) is 0 Å². The van der Waals surface area contributed by atoms with Gasteiger partial charge in [0.05, 0.1) is 0 Å². The molecule has 0 saturated heterocycles. The maximum absolute atomic E-state index is 10.8. The maximum atomic E-state index is 10.8. The van der Waals surface area contributed by atoms with E-state index in [1.807, 2.05) is 0 Å². The third-order valence-electron chi connectivity index (χ3n) is 2.13. The molecule has 16 heavy (non-hydrogen) atoms. The predicted octanol–water partition coefficient (Wildman–Crippen LogP) is -0.864. The fourth-order valence-electron chi connectivity index (χ4n) is 1.12. The second-order valence-electron chi connectivity index (χ2n) is 3.41. The molecule has 0 spiro atoms. The SMILES string of the molecule is CC[C@H](NN[C@@H](CCCN)C(=O)O)C(=O)O. The number of hydrogen-bond acceptors (Lipinski definition) is 5. The van der Waals surface area contributed by atoms with E-state index in [0.29, 0.717) is 25.8 Å². The van der Waals surface area contributed by atoms with Crippen molar-refractivity contribution in [3.05, 3.63) is 0 Å². The molecule has 0 aromatic carbocycles. The first-order valence-electron chi connectivity index (χ1n) is 5.19. The zero-order chi connectivity index (χ0) is 12.6. The Hall–Kier alpha value is -1.18. The van der Waals surface area contributed by atoms with Crippen LogP contribution in [0.25, 0.3) is 0 Å². The van der Waals surface area contributed by atoms with Gasteiger partial charge >= 0.3 is 11.9 Å². The molecular formula is C9H19N3O4. The molecule has 0 rings (SSSR count). The molecule has 6 N–H and O–H groups in total. The lowest BCUT2D eigenvalue weighted by molar-refractivity contribution is -0.143. The van der Waals surface area contributed by atoms with E-state index < -0.39 is 24.0 Å². The van der Waals surface area contributed by atoms with Crippen molar-refractivity contribution in [2.24, 2.45) is 5.73 Å². The molecule has 0 saturated carbocycles. The Morgan fingerprint density at radius 2 is 1.69 bits per heavy atom. The third kappa shape index (κ3) is 5.64. The quantitative estimate of drug-likeness (QED) is 0.328. The summed E-state index contributed by atoms with van der Waals surface area (Å²) in [6.45, 7) is 2.10. The smallest absolute Gasteiger partial charge is 0.322 e. The van der Waals surface area contributed by atoms with Crippen LogP contribution in [0.5, 0.6) is 0 Å². The molecule has 7 heteroatoms. The Labute approximate surface area is 94.0 Å². The molecule has 0 aliphatic rings. The van der Waals surface area contributed by atoms with Crippen LogP contribution in [0.3, 0.4) is 0 Å². The van der Waals surface area contributed by atoms with E-state index >= 15 is 0 Å². The summed E-state index contributed by atoms with van der Waals surface area (Å²) in [4.78, 5) is 21.4. The molecule has 0 radical (unpaired) electrons. The van der Waals surface area contributed by atoms with E-state index in [-0.39, 0.29) is 0 Å². The second kappa shape index (κ2) is 8.03. The Balaban J connectivity index is 4.09. The molecule has 0 aliphatic carbocycles. The normalized spacial score (nSPS) is 14.4. The lowest BCUT2D eigenvalue weighted by Crippen LogP contribution is -2.52. The summed E-state index contributed by atoms with van der Waals surface area (Å²) in [5.74, 6) is -2.04. The van der Waals surface area contributed by atoms with Crippen molar-refractivity contribution in [1.82, 2.24) is 10.9 Å². The summed E-state index contributed by atoms with van der Waals surface area (Å²) in [6, 6.07) is -1.61. The van der Waals surface area contributed by atoms with Gasteiger partial charge in [-0.15, -0.1) is 0 Å². The number of rotatable bonds is 9. The van der Waals surface area contributed by atoms with E-state index in [0.717, 1.165) is 0 Å². The average molecular weight is 233 g/mol. The predicted molar refractivity (Wildman–Crippen MR) is 57.7 cm³/mol. The minimum atomic E-state index is -1.03. The summed E-state index contributed by atoms with van der Waals surface area (Å²) in [5, 5.41) is 17.6. The third-order valence-corrected chi connectivity index (χ3v) is 2.13. The van der Waals surface area contributed by atoms with Gasteiger partial charge in [-0.05, 0) is 25.8 Å². The van der Waals surface area contributed by atoms with Crippen molar-refractivity contribution >= 4 is 11.9 Å². The van der Waals surface area contributed by atoms with E-state index in [1.165, 1.54) is 0 Å². The maximum Gasteiger partial charge on any atom is 0.322 e. The molecule has 0 aromatic rings. The van der Waals surface area contributed by atoms with Crippen LogP contribution < -0.4 is 16.6 Å². The van der Waals surface area contributed by atoms with Gasteiger partial charge in [0.1, 0.15) is 12.1 Å². The van der Waals surface area contributed by atoms with Crippen LogP contribution in [0.2, 0.25) is 0 Å². The number of hydrazine groups is 1. The summed E-state index contributed by atoms with van der Waals surface area (Å²) in [5.41, 5.74) is 10.3. The highest BCUT2D eigenvalue weighted by atomic mass is 16.4. The van der Waals surface area contributed by atoms with Crippen LogP contribution in [0.1, 0.15) is 26.2 Å². The zero-order valence-electron chi connectivity index (χ0n) is 9.27. The van der Waals surface area contributed by atoms with Crippen molar-refractivity contribution < 1.29 is 19.8 Å². The van der Waals surface area contributed by atoms with Crippen molar-refractivity contribution in [2.45, 2.75) is 38.3 Å². The number of carboxylic acid groups (broad SMARTS) is 2. The summed E-state index contributed by atoms with van der Waals surface area (Å²) < 4.78 is 0. The van der Waals surface area contributed by atoms with E-state index in [1.54, 1.807) is 6.92 Å². The van der Waals surface area contributed by atoms with Gasteiger partial charge in [0.25, 0.3) is 0 Å². The number of nitrogens with two attached hydrogens (primary N) is 1. The monoisotopic (exact) mass is 233 g/mol. The summed E-state index contributed by atoms with van der Waals surface area (Å²) in [7, 11) is 0. The van der Waals surface area contributed by atoms with Crippen LogP contribution >= 0.6 is 0 Å². The summed E-state index contributed by atoms with van der Waals surface area (Å²) in [6.07, 6.45) is 1.29. The van der Waals surface area contributed by atoms with E-state index in [4.69, 9.17) is 15.9 Å². The molecule has 0 aliphatic heterocycles. The standard InChI is InChI=1S/C9H19N3O4/c1-2-6(8(13)14)11-12-7(9(15)16)4-3-5-10/h6-7,11-12H,2-5,10H2,1H3,(H,13,14)(H,15,16)/t6-,7-/m0/s1. The molecule has 0 amide bonds. The number of carbonyl (C=O) groups is 2. The Kier molecular flexibility index (Phi) is 7.44. The molecule has 0 bridgehead atoms. The molecule has 0 unspecified atom stereocenters. The van der Waals surface area contributed by atoms with Crippen molar-refractivity contribution in [1.29, 1.82) is 0 Å². The van der Waals surface area contributed by atoms with Gasteiger partial charge in [0.15, 0.2) is 0 Å². The van der Waals surface area contributed by atoms with Crippen LogP contribution in [0.15, 0.2) is 0 Å². The van der Waals surface area contributed by atoms with Gasteiger partial charge < -0.3 is 15.9 Å². The first-order chi connectivity index (χ1) is 7.52. The van der Waals surface area contributed by atoms with Crippen molar-refractivity contribution in [2.75, 3.05) is 6.54 Å². The zero-order valence-corrected chi connectivity index (χ0v) is 9.27. The number of hydrogen-bond donors (Lipinski definition) is 5. The van der Waals surface area contributed by atoms with Crippen LogP contribution in [-0.2, 0) is 9.59 Å². The van der Waals surface area contributed by atoms with Gasteiger partial charge in [-0.2, -0.15) is 0 Å². The van der Waals surface area contributed by atoms with E-state index in [9.17, 15) is 9.59 Å². The second-order valence-corrected chi connectivity index (χ2v) is 3.41. The largest absolute Gasteiger partial charge is 0.480 e. The topological polar surface area (TPSA) is 125 Å². The first kappa shape index (κ1) is 14.8. The lowest BCUT2D eigenvalue weighted by atomic mass is 10.1.